The van der Waals surface area contributed by atoms with E-state index in [0.717, 1.165) is 12.8 Å². The fraction of sp³-hybridized carbons (Fsp3) is 0.750. The van der Waals surface area contributed by atoms with Gasteiger partial charge in [0.15, 0.2) is 0 Å². The van der Waals surface area contributed by atoms with Gasteiger partial charge < -0.3 is 14.2 Å². The molecule has 0 aromatic rings. The summed E-state index contributed by atoms with van der Waals surface area (Å²) < 4.78 is 40.9. The molecule has 0 saturated carbocycles. The maximum Gasteiger partial charge on any atom is 0.116 e. The summed E-state index contributed by atoms with van der Waals surface area (Å²) >= 11 is 0. The second kappa shape index (κ2) is 15.4. The summed E-state index contributed by atoms with van der Waals surface area (Å²) in [6.07, 6.45) is 8.24. The fourth-order valence-corrected chi connectivity index (χ4v) is 1.49. The van der Waals surface area contributed by atoms with Gasteiger partial charge >= 0.3 is 0 Å². The van der Waals surface area contributed by atoms with Gasteiger partial charge in [-0.1, -0.05) is 13.8 Å². The lowest BCUT2D eigenvalue weighted by atomic mass is 10.2. The molecule has 21 heavy (non-hydrogen) atoms. The van der Waals surface area contributed by atoms with Gasteiger partial charge in [-0.05, 0) is 37.8 Å². The molecule has 0 saturated heterocycles. The predicted molar refractivity (Wildman–Crippen MR) is 80.6 cm³/mol. The summed E-state index contributed by atoms with van der Waals surface area (Å²) in [5.74, 6) is 0. The van der Waals surface area contributed by atoms with Gasteiger partial charge in [0, 0.05) is 13.2 Å². The minimum absolute atomic E-state index is 0.410. The topological polar surface area (TPSA) is 27.7 Å². The Morgan fingerprint density at radius 3 is 1.57 bits per heavy atom. The van der Waals surface area contributed by atoms with Crippen LogP contribution in [0.2, 0.25) is 0 Å². The second-order valence-electron chi connectivity index (χ2n) is 4.65. The quantitative estimate of drug-likeness (QED) is 0.447. The van der Waals surface area contributed by atoms with Crippen LogP contribution in [0.1, 0.15) is 39.5 Å². The van der Waals surface area contributed by atoms with Crippen LogP contribution in [0.5, 0.6) is 0 Å². The molecular weight excluding hydrogens is 278 g/mol. The average molecular weight is 306 g/mol. The Morgan fingerprint density at radius 2 is 1.24 bits per heavy atom. The highest BCUT2D eigenvalue weighted by Crippen LogP contribution is 2.04. The molecule has 2 atom stereocenters. The predicted octanol–water partition coefficient (Wildman–Crippen LogP) is 4.34. The third kappa shape index (κ3) is 12.5. The number of halogens is 2. The molecule has 0 amide bonds. The zero-order valence-electron chi connectivity index (χ0n) is 13.1. The lowest BCUT2D eigenvalue weighted by Crippen LogP contribution is -2.15. The van der Waals surface area contributed by atoms with E-state index in [1.807, 2.05) is 13.8 Å². The molecule has 3 nitrogen and oxygen atoms in total. The number of hydrogen-bond donors (Lipinski definition) is 0. The smallest absolute Gasteiger partial charge is 0.116 e. The first-order valence-corrected chi connectivity index (χ1v) is 7.59. The molecule has 0 fully saturated rings. The minimum Gasteiger partial charge on any atom is -0.473 e. The van der Waals surface area contributed by atoms with Gasteiger partial charge in [0.05, 0.1) is 24.7 Å². The number of ether oxygens (including phenoxy) is 3. The number of alkyl halides is 2. The number of rotatable bonds is 14. The molecule has 0 N–H and O–H groups in total. The summed E-state index contributed by atoms with van der Waals surface area (Å²) in [5, 5.41) is 0. The van der Waals surface area contributed by atoms with Crippen molar-refractivity contribution in [2.75, 3.05) is 26.6 Å². The van der Waals surface area contributed by atoms with Gasteiger partial charge in [-0.3, -0.25) is 0 Å². The second-order valence-corrected chi connectivity index (χ2v) is 4.65. The minimum atomic E-state index is -0.507. The lowest BCUT2D eigenvalue weighted by molar-refractivity contribution is 0.0379. The summed E-state index contributed by atoms with van der Waals surface area (Å²) in [4.78, 5) is 0. The van der Waals surface area contributed by atoms with E-state index in [-0.39, 0.29) is 0 Å². The molecule has 124 valence electrons. The van der Waals surface area contributed by atoms with E-state index in [1.165, 1.54) is 12.5 Å². The maximum absolute atomic E-state index is 12.6. The summed E-state index contributed by atoms with van der Waals surface area (Å²) in [6, 6.07) is 0. The monoisotopic (exact) mass is 306 g/mol. The molecule has 0 aliphatic rings. The summed E-state index contributed by atoms with van der Waals surface area (Å²) in [7, 11) is 0. The van der Waals surface area contributed by atoms with Gasteiger partial charge in [-0.15, -0.1) is 0 Å². The Kier molecular flexibility index (Phi) is 14.8. The molecule has 0 bridgehead atoms. The van der Waals surface area contributed by atoms with Crippen LogP contribution in [0.3, 0.4) is 0 Å². The first-order valence-electron chi connectivity index (χ1n) is 7.59. The molecule has 2 unspecified atom stereocenters. The van der Waals surface area contributed by atoms with Crippen LogP contribution in [-0.4, -0.2) is 38.8 Å². The van der Waals surface area contributed by atoms with Crippen LogP contribution in [0, 0.1) is 0 Å². The first-order chi connectivity index (χ1) is 10.3. The molecule has 0 aromatic heterocycles. The molecule has 0 aliphatic carbocycles. The standard InChI is InChI=1S/C16H28F2O3/c1-3-9-20-15(13-17)7-5-11-19-12-6-8-16(14-18)21-10-4-2/h5-6,11-12,15-16H,3-4,7-10,13-14H2,1-2H3. The first kappa shape index (κ1) is 20.1. The molecule has 0 heterocycles. The van der Waals surface area contributed by atoms with Crippen molar-refractivity contribution in [2.45, 2.75) is 51.7 Å². The Balaban J connectivity index is 3.75. The third-order valence-electron chi connectivity index (χ3n) is 2.61. The van der Waals surface area contributed by atoms with Crippen molar-refractivity contribution >= 4 is 0 Å². The summed E-state index contributed by atoms with van der Waals surface area (Å²) in [5.41, 5.74) is 0. The van der Waals surface area contributed by atoms with Crippen LogP contribution < -0.4 is 0 Å². The fourth-order valence-electron chi connectivity index (χ4n) is 1.49. The van der Waals surface area contributed by atoms with Gasteiger partial charge in [-0.2, -0.15) is 0 Å². The van der Waals surface area contributed by atoms with Crippen LogP contribution in [-0.2, 0) is 14.2 Å². The van der Waals surface area contributed by atoms with Crippen molar-refractivity contribution in [1.82, 2.24) is 0 Å². The normalized spacial score (nSPS) is 14.9. The van der Waals surface area contributed by atoms with Crippen molar-refractivity contribution in [1.29, 1.82) is 0 Å². The highest BCUT2D eigenvalue weighted by Gasteiger charge is 2.06. The van der Waals surface area contributed by atoms with E-state index in [0.29, 0.717) is 26.1 Å². The zero-order valence-corrected chi connectivity index (χ0v) is 13.1. The van der Waals surface area contributed by atoms with Crippen molar-refractivity contribution in [2.24, 2.45) is 0 Å². The van der Waals surface area contributed by atoms with Gasteiger partial charge in [0.2, 0.25) is 0 Å². The van der Waals surface area contributed by atoms with Crippen molar-refractivity contribution in [3.8, 4) is 0 Å². The Hall–Kier alpha value is -0.940. The van der Waals surface area contributed by atoms with Crippen LogP contribution in [0.15, 0.2) is 24.7 Å². The molecule has 0 spiro atoms. The van der Waals surface area contributed by atoms with E-state index < -0.39 is 25.6 Å². The SMILES string of the molecule is CCCOC(CF)CC=COC=CCC(CF)OCCC. The molecule has 0 aliphatic heterocycles. The van der Waals surface area contributed by atoms with Gasteiger partial charge in [-0.25, -0.2) is 8.78 Å². The molecule has 0 aromatic carbocycles. The van der Waals surface area contributed by atoms with E-state index in [4.69, 9.17) is 14.2 Å². The lowest BCUT2D eigenvalue weighted by Gasteiger charge is -2.11. The number of hydrogen-bond acceptors (Lipinski definition) is 3. The van der Waals surface area contributed by atoms with Crippen LogP contribution >= 0.6 is 0 Å². The third-order valence-corrected chi connectivity index (χ3v) is 2.61. The van der Waals surface area contributed by atoms with Crippen molar-refractivity contribution in [3.05, 3.63) is 24.7 Å². The van der Waals surface area contributed by atoms with Crippen molar-refractivity contribution in [3.63, 3.8) is 0 Å². The van der Waals surface area contributed by atoms with Crippen LogP contribution in [0.25, 0.3) is 0 Å². The summed E-state index contributed by atoms with van der Waals surface area (Å²) in [6.45, 7) is 4.07. The maximum atomic E-state index is 12.6. The zero-order chi connectivity index (χ0) is 15.8. The largest absolute Gasteiger partial charge is 0.473 e. The van der Waals surface area contributed by atoms with Crippen molar-refractivity contribution < 1.29 is 23.0 Å². The van der Waals surface area contributed by atoms with E-state index in [1.54, 1.807) is 12.2 Å². The molecule has 0 radical (unpaired) electrons. The Labute approximate surface area is 127 Å². The van der Waals surface area contributed by atoms with Gasteiger partial charge in [0.1, 0.15) is 13.3 Å². The Morgan fingerprint density at radius 1 is 0.810 bits per heavy atom. The highest BCUT2D eigenvalue weighted by molar-refractivity contribution is 4.83. The van der Waals surface area contributed by atoms with E-state index >= 15 is 0 Å². The van der Waals surface area contributed by atoms with Crippen LogP contribution in [0.4, 0.5) is 8.78 Å². The van der Waals surface area contributed by atoms with E-state index in [2.05, 4.69) is 0 Å². The highest BCUT2D eigenvalue weighted by atomic mass is 19.1. The average Bonchev–Trinajstić information content (AvgIpc) is 2.52. The van der Waals surface area contributed by atoms with E-state index in [9.17, 15) is 8.78 Å². The molecule has 0 rings (SSSR count). The molecule has 5 heteroatoms. The molecular formula is C16H28F2O3. The Bertz CT molecular complexity index is 244. The van der Waals surface area contributed by atoms with Gasteiger partial charge in [0.25, 0.3) is 0 Å².